The van der Waals surface area contributed by atoms with Crippen LogP contribution in [0, 0.1) is 6.92 Å². The fourth-order valence-electron chi connectivity index (χ4n) is 3.85. The van der Waals surface area contributed by atoms with Gasteiger partial charge >= 0.3 is 0 Å². The van der Waals surface area contributed by atoms with Crippen LogP contribution in [0.3, 0.4) is 0 Å². The summed E-state index contributed by atoms with van der Waals surface area (Å²) in [6.07, 6.45) is 0. The molecule has 2 fully saturated rings. The number of benzene rings is 2. The highest BCUT2D eigenvalue weighted by Crippen LogP contribution is 2.24. The zero-order valence-corrected chi connectivity index (χ0v) is 16.5. The van der Waals surface area contributed by atoms with Crippen LogP contribution < -0.4 is 25.8 Å². The zero-order chi connectivity index (χ0) is 19.3. The van der Waals surface area contributed by atoms with Gasteiger partial charge in [-0.05, 0) is 55.0 Å². The molecule has 2 heterocycles. The lowest BCUT2D eigenvalue weighted by Gasteiger charge is -2.30. The second-order valence-corrected chi connectivity index (χ2v) is 7.47. The van der Waals surface area contributed by atoms with Gasteiger partial charge in [-0.15, -0.1) is 0 Å². The van der Waals surface area contributed by atoms with Gasteiger partial charge in [-0.2, -0.15) is 0 Å². The van der Waals surface area contributed by atoms with Gasteiger partial charge in [0.1, 0.15) is 0 Å². The Balaban J connectivity index is 1.41. The normalized spacial score (nSPS) is 17.5. The van der Waals surface area contributed by atoms with Crippen molar-refractivity contribution < 1.29 is 4.79 Å². The average Bonchev–Trinajstić information content (AvgIpc) is 2.76. The summed E-state index contributed by atoms with van der Waals surface area (Å²) >= 11 is 0. The van der Waals surface area contributed by atoms with Gasteiger partial charge in [0.05, 0.1) is 0 Å². The maximum Gasteiger partial charge on any atom is 0.255 e. The number of amides is 1. The number of aryl methyl sites for hydroxylation is 1. The Hall–Kier alpha value is -2.57. The molecule has 2 aliphatic heterocycles. The van der Waals surface area contributed by atoms with Crippen LogP contribution in [0.15, 0.2) is 42.5 Å². The Bertz CT molecular complexity index is 808. The maximum absolute atomic E-state index is 12.7. The third kappa shape index (κ3) is 4.29. The first-order valence-electron chi connectivity index (χ1n) is 10.1. The van der Waals surface area contributed by atoms with Crippen molar-refractivity contribution in [2.75, 3.05) is 67.5 Å². The second-order valence-electron chi connectivity index (χ2n) is 7.47. The third-order valence-corrected chi connectivity index (χ3v) is 5.55. The first-order valence-corrected chi connectivity index (χ1v) is 10.1. The molecular weight excluding hydrogens is 350 g/mol. The molecule has 0 saturated carbocycles. The lowest BCUT2D eigenvalue weighted by Crippen LogP contribution is -2.43. The van der Waals surface area contributed by atoms with Crippen molar-refractivity contribution in [2.24, 2.45) is 0 Å². The molecule has 0 bridgehead atoms. The monoisotopic (exact) mass is 379 g/mol. The summed E-state index contributed by atoms with van der Waals surface area (Å²) in [6.45, 7) is 10.1. The number of nitrogens with one attached hydrogen (secondary N) is 3. The molecule has 0 spiro atoms. The predicted octanol–water partition coefficient (Wildman–Crippen LogP) is 2.07. The van der Waals surface area contributed by atoms with Gasteiger partial charge in [-0.3, -0.25) is 4.79 Å². The van der Waals surface area contributed by atoms with E-state index in [9.17, 15) is 4.79 Å². The minimum atomic E-state index is -0.0649. The minimum absolute atomic E-state index is 0.0649. The number of carbonyl (C=O) groups excluding carboxylic acids is 1. The number of carbonyl (C=O) groups is 1. The Labute approximate surface area is 166 Å². The van der Waals surface area contributed by atoms with E-state index >= 15 is 0 Å². The van der Waals surface area contributed by atoms with Crippen molar-refractivity contribution in [3.63, 3.8) is 0 Å². The number of hydrogen-bond acceptors (Lipinski definition) is 5. The molecule has 2 saturated heterocycles. The van der Waals surface area contributed by atoms with Crippen LogP contribution >= 0.6 is 0 Å². The molecule has 2 aliphatic rings. The topological polar surface area (TPSA) is 59.6 Å². The molecule has 2 aromatic rings. The van der Waals surface area contributed by atoms with E-state index in [1.54, 1.807) is 0 Å². The number of hydrogen-bond donors (Lipinski definition) is 3. The van der Waals surface area contributed by atoms with E-state index in [1.165, 1.54) is 11.4 Å². The highest BCUT2D eigenvalue weighted by atomic mass is 16.1. The van der Waals surface area contributed by atoms with Crippen molar-refractivity contribution in [3.8, 4) is 0 Å². The van der Waals surface area contributed by atoms with Crippen LogP contribution in [0.2, 0.25) is 0 Å². The number of rotatable bonds is 4. The molecule has 6 heteroatoms. The van der Waals surface area contributed by atoms with E-state index in [2.05, 4.69) is 44.8 Å². The van der Waals surface area contributed by atoms with Gasteiger partial charge in [-0.25, -0.2) is 0 Å². The molecule has 3 N–H and O–H groups in total. The summed E-state index contributed by atoms with van der Waals surface area (Å²) in [5.74, 6) is -0.0649. The van der Waals surface area contributed by atoms with Gasteiger partial charge in [-0.1, -0.05) is 0 Å². The molecule has 0 atom stereocenters. The summed E-state index contributed by atoms with van der Waals surface area (Å²) in [7, 11) is 0. The Kier molecular flexibility index (Phi) is 5.78. The Morgan fingerprint density at radius 2 is 1.36 bits per heavy atom. The molecule has 28 heavy (non-hydrogen) atoms. The first-order chi connectivity index (χ1) is 13.7. The molecule has 0 radical (unpaired) electrons. The Morgan fingerprint density at radius 3 is 1.93 bits per heavy atom. The number of piperazine rings is 2. The van der Waals surface area contributed by atoms with Crippen molar-refractivity contribution >= 4 is 23.0 Å². The van der Waals surface area contributed by atoms with Gasteiger partial charge in [0.25, 0.3) is 5.91 Å². The average molecular weight is 380 g/mol. The van der Waals surface area contributed by atoms with Crippen molar-refractivity contribution in [2.45, 2.75) is 6.92 Å². The van der Waals surface area contributed by atoms with Crippen LogP contribution in [0.25, 0.3) is 0 Å². The summed E-state index contributed by atoms with van der Waals surface area (Å²) in [6, 6.07) is 14.2. The van der Waals surface area contributed by atoms with Crippen LogP contribution in [-0.4, -0.2) is 58.3 Å². The van der Waals surface area contributed by atoms with Crippen LogP contribution in [0.1, 0.15) is 15.9 Å². The molecule has 0 unspecified atom stereocenters. The smallest absolute Gasteiger partial charge is 0.255 e. The fourth-order valence-corrected chi connectivity index (χ4v) is 3.85. The van der Waals surface area contributed by atoms with Crippen molar-refractivity contribution in [1.82, 2.24) is 10.6 Å². The summed E-state index contributed by atoms with van der Waals surface area (Å²) in [5.41, 5.74) is 5.04. The van der Waals surface area contributed by atoms with Gasteiger partial charge < -0.3 is 25.8 Å². The lowest BCUT2D eigenvalue weighted by atomic mass is 10.1. The highest BCUT2D eigenvalue weighted by molar-refractivity contribution is 6.04. The summed E-state index contributed by atoms with van der Waals surface area (Å²) in [5, 5.41) is 9.80. The van der Waals surface area contributed by atoms with Crippen molar-refractivity contribution in [3.05, 3.63) is 53.6 Å². The lowest BCUT2D eigenvalue weighted by molar-refractivity contribution is 0.102. The van der Waals surface area contributed by atoms with Crippen LogP contribution in [0.4, 0.5) is 17.1 Å². The minimum Gasteiger partial charge on any atom is -0.369 e. The third-order valence-electron chi connectivity index (χ3n) is 5.55. The van der Waals surface area contributed by atoms with E-state index in [0.29, 0.717) is 5.56 Å². The quantitative estimate of drug-likeness (QED) is 0.759. The summed E-state index contributed by atoms with van der Waals surface area (Å²) in [4.78, 5) is 17.4. The maximum atomic E-state index is 12.7. The van der Waals surface area contributed by atoms with Gasteiger partial charge in [0.15, 0.2) is 0 Å². The molecule has 148 valence electrons. The molecular formula is C22H29N5O. The van der Waals surface area contributed by atoms with E-state index in [1.807, 2.05) is 30.3 Å². The van der Waals surface area contributed by atoms with Gasteiger partial charge in [0, 0.05) is 75.0 Å². The predicted molar refractivity (Wildman–Crippen MR) is 116 cm³/mol. The first kappa shape index (κ1) is 18.8. The SMILES string of the molecule is Cc1cc(N2CCNCC2)ccc1NC(=O)c1ccc(N2CCNCC2)cc1. The van der Waals surface area contributed by atoms with Crippen molar-refractivity contribution in [1.29, 1.82) is 0 Å². The highest BCUT2D eigenvalue weighted by Gasteiger charge is 2.14. The van der Waals surface area contributed by atoms with E-state index in [-0.39, 0.29) is 5.91 Å². The number of anilines is 3. The fraction of sp³-hybridized carbons (Fsp3) is 0.409. The van der Waals surface area contributed by atoms with Crippen LogP contribution in [-0.2, 0) is 0 Å². The van der Waals surface area contributed by atoms with E-state index < -0.39 is 0 Å². The standard InChI is InChI=1S/C22H29N5O/c1-17-16-20(27-14-10-24-11-15-27)6-7-21(17)25-22(28)18-2-4-19(5-3-18)26-12-8-23-9-13-26/h2-7,16,23-24H,8-15H2,1H3,(H,25,28). The molecule has 1 amide bonds. The molecule has 0 aromatic heterocycles. The zero-order valence-electron chi connectivity index (χ0n) is 16.5. The summed E-state index contributed by atoms with van der Waals surface area (Å²) < 4.78 is 0. The van der Waals surface area contributed by atoms with E-state index in [4.69, 9.17) is 0 Å². The Morgan fingerprint density at radius 1 is 0.821 bits per heavy atom. The largest absolute Gasteiger partial charge is 0.369 e. The van der Waals surface area contributed by atoms with Gasteiger partial charge in [0.2, 0.25) is 0 Å². The second kappa shape index (κ2) is 8.63. The van der Waals surface area contributed by atoms with Crippen LogP contribution in [0.5, 0.6) is 0 Å². The van der Waals surface area contributed by atoms with E-state index in [0.717, 1.165) is 63.6 Å². The molecule has 0 aliphatic carbocycles. The molecule has 2 aromatic carbocycles. The number of nitrogens with zero attached hydrogens (tertiary/aromatic N) is 2. The molecule has 6 nitrogen and oxygen atoms in total. The molecule has 4 rings (SSSR count).